The SMILES string of the molecule is Cc1nc(Oc2cc(Br)ccc2Cl)ncc1CN. The lowest BCUT2D eigenvalue weighted by molar-refractivity contribution is 0.439. The fourth-order valence-electron chi connectivity index (χ4n) is 1.37. The lowest BCUT2D eigenvalue weighted by Crippen LogP contribution is -2.03. The molecule has 0 atom stereocenters. The van der Waals surface area contributed by atoms with Gasteiger partial charge in [0.05, 0.1) is 5.02 Å². The number of hydrogen-bond donors (Lipinski definition) is 1. The van der Waals surface area contributed by atoms with Gasteiger partial charge in [-0.1, -0.05) is 27.5 Å². The Morgan fingerprint density at radius 1 is 1.44 bits per heavy atom. The van der Waals surface area contributed by atoms with Crippen LogP contribution in [0.2, 0.25) is 5.02 Å². The molecule has 0 saturated heterocycles. The van der Waals surface area contributed by atoms with Crippen molar-refractivity contribution in [2.75, 3.05) is 0 Å². The van der Waals surface area contributed by atoms with Crippen molar-refractivity contribution in [1.82, 2.24) is 9.97 Å². The number of aromatic nitrogens is 2. The maximum Gasteiger partial charge on any atom is 0.322 e. The minimum Gasteiger partial charge on any atom is -0.423 e. The van der Waals surface area contributed by atoms with Crippen LogP contribution in [0.5, 0.6) is 11.8 Å². The lowest BCUT2D eigenvalue weighted by Gasteiger charge is -2.08. The Balaban J connectivity index is 2.28. The highest BCUT2D eigenvalue weighted by Crippen LogP contribution is 2.30. The van der Waals surface area contributed by atoms with E-state index in [0.29, 0.717) is 17.3 Å². The van der Waals surface area contributed by atoms with Gasteiger partial charge in [0.15, 0.2) is 5.75 Å². The van der Waals surface area contributed by atoms with Crippen LogP contribution in [-0.4, -0.2) is 9.97 Å². The van der Waals surface area contributed by atoms with E-state index in [2.05, 4.69) is 25.9 Å². The van der Waals surface area contributed by atoms with E-state index in [4.69, 9.17) is 22.1 Å². The first-order valence-electron chi connectivity index (χ1n) is 5.25. The highest BCUT2D eigenvalue weighted by atomic mass is 79.9. The third kappa shape index (κ3) is 2.98. The molecule has 2 aromatic rings. The monoisotopic (exact) mass is 327 g/mol. The molecule has 0 fully saturated rings. The molecule has 18 heavy (non-hydrogen) atoms. The largest absolute Gasteiger partial charge is 0.423 e. The van der Waals surface area contributed by atoms with Gasteiger partial charge in [0.1, 0.15) is 0 Å². The molecule has 0 radical (unpaired) electrons. The Hall–Kier alpha value is -1.17. The maximum absolute atomic E-state index is 6.02. The molecule has 1 aromatic carbocycles. The number of benzene rings is 1. The quantitative estimate of drug-likeness (QED) is 0.937. The molecule has 0 spiro atoms. The zero-order chi connectivity index (χ0) is 13.1. The first-order valence-corrected chi connectivity index (χ1v) is 6.42. The zero-order valence-electron chi connectivity index (χ0n) is 9.65. The molecule has 0 saturated carbocycles. The maximum atomic E-state index is 6.02. The first-order chi connectivity index (χ1) is 8.60. The fraction of sp³-hybridized carbons (Fsp3) is 0.167. The average molecular weight is 329 g/mol. The normalized spacial score (nSPS) is 10.4. The summed E-state index contributed by atoms with van der Waals surface area (Å²) in [6.07, 6.45) is 1.66. The van der Waals surface area contributed by atoms with Crippen LogP contribution in [0.4, 0.5) is 0 Å². The number of hydrogen-bond acceptors (Lipinski definition) is 4. The molecule has 0 aliphatic carbocycles. The van der Waals surface area contributed by atoms with Crippen LogP contribution >= 0.6 is 27.5 Å². The van der Waals surface area contributed by atoms with Gasteiger partial charge in [-0.25, -0.2) is 4.98 Å². The second kappa shape index (κ2) is 5.65. The number of nitrogens with zero attached hydrogens (tertiary/aromatic N) is 2. The number of rotatable bonds is 3. The van der Waals surface area contributed by atoms with E-state index < -0.39 is 0 Å². The number of halogens is 2. The summed E-state index contributed by atoms with van der Waals surface area (Å²) in [6, 6.07) is 5.59. The summed E-state index contributed by atoms with van der Waals surface area (Å²) in [6.45, 7) is 2.27. The number of aryl methyl sites for hydroxylation is 1. The predicted octanol–water partition coefficient (Wildman–Crippen LogP) is 3.45. The van der Waals surface area contributed by atoms with E-state index in [1.54, 1.807) is 18.3 Å². The highest BCUT2D eigenvalue weighted by Gasteiger charge is 2.07. The van der Waals surface area contributed by atoms with Crippen molar-refractivity contribution in [3.8, 4) is 11.8 Å². The minimum atomic E-state index is 0.254. The van der Waals surface area contributed by atoms with Crippen molar-refractivity contribution in [2.24, 2.45) is 5.73 Å². The van der Waals surface area contributed by atoms with Crippen molar-refractivity contribution in [3.05, 3.63) is 45.1 Å². The second-order valence-electron chi connectivity index (χ2n) is 3.64. The van der Waals surface area contributed by atoms with Crippen LogP contribution in [0, 0.1) is 6.92 Å². The van der Waals surface area contributed by atoms with Gasteiger partial charge in [-0.15, -0.1) is 0 Å². The summed E-state index contributed by atoms with van der Waals surface area (Å²) < 4.78 is 6.42. The van der Waals surface area contributed by atoms with Gasteiger partial charge in [0.2, 0.25) is 0 Å². The number of ether oxygens (including phenoxy) is 1. The predicted molar refractivity (Wildman–Crippen MR) is 73.9 cm³/mol. The summed E-state index contributed by atoms with van der Waals surface area (Å²) in [5.41, 5.74) is 7.24. The van der Waals surface area contributed by atoms with Crippen LogP contribution in [-0.2, 0) is 6.54 Å². The highest BCUT2D eigenvalue weighted by molar-refractivity contribution is 9.10. The summed E-state index contributed by atoms with van der Waals surface area (Å²) in [5.74, 6) is 0.506. The molecule has 0 unspecified atom stereocenters. The molecule has 4 nitrogen and oxygen atoms in total. The molecule has 0 aliphatic rings. The molecule has 1 heterocycles. The van der Waals surface area contributed by atoms with Crippen molar-refractivity contribution in [3.63, 3.8) is 0 Å². The Morgan fingerprint density at radius 3 is 2.89 bits per heavy atom. The van der Waals surface area contributed by atoms with Crippen LogP contribution in [0.3, 0.4) is 0 Å². The molecule has 94 valence electrons. The van der Waals surface area contributed by atoms with E-state index >= 15 is 0 Å². The summed E-state index contributed by atoms with van der Waals surface area (Å²) in [7, 11) is 0. The Labute approximate surface area is 118 Å². The van der Waals surface area contributed by atoms with Crippen molar-refractivity contribution in [1.29, 1.82) is 0 Å². The second-order valence-corrected chi connectivity index (χ2v) is 4.97. The Morgan fingerprint density at radius 2 is 2.22 bits per heavy atom. The molecule has 2 rings (SSSR count). The van der Waals surface area contributed by atoms with E-state index in [1.165, 1.54) is 0 Å². The van der Waals surface area contributed by atoms with Gasteiger partial charge >= 0.3 is 6.01 Å². The van der Waals surface area contributed by atoms with Crippen molar-refractivity contribution < 1.29 is 4.74 Å². The van der Waals surface area contributed by atoms with Crippen LogP contribution in [0.15, 0.2) is 28.9 Å². The summed E-state index contributed by atoms with van der Waals surface area (Å²) in [5, 5.41) is 0.502. The standard InChI is InChI=1S/C12H11BrClN3O/c1-7-8(5-15)6-16-12(17-7)18-11-4-9(13)2-3-10(11)14/h2-4,6H,5,15H2,1H3. The fourth-order valence-corrected chi connectivity index (χ4v) is 1.87. The van der Waals surface area contributed by atoms with E-state index in [0.717, 1.165) is 15.7 Å². The molecule has 1 aromatic heterocycles. The average Bonchev–Trinajstić information content (AvgIpc) is 2.34. The van der Waals surface area contributed by atoms with E-state index in [1.807, 2.05) is 13.0 Å². The van der Waals surface area contributed by atoms with Gasteiger partial charge in [-0.2, -0.15) is 4.98 Å². The Bertz CT molecular complexity index is 577. The summed E-state index contributed by atoms with van der Waals surface area (Å²) >= 11 is 9.37. The van der Waals surface area contributed by atoms with E-state index in [-0.39, 0.29) is 6.01 Å². The zero-order valence-corrected chi connectivity index (χ0v) is 12.0. The van der Waals surface area contributed by atoms with Gasteiger partial charge in [-0.05, 0) is 25.1 Å². The van der Waals surface area contributed by atoms with Crippen molar-refractivity contribution >= 4 is 27.5 Å². The smallest absolute Gasteiger partial charge is 0.322 e. The van der Waals surface area contributed by atoms with Gasteiger partial charge < -0.3 is 10.5 Å². The van der Waals surface area contributed by atoms with Gasteiger partial charge in [-0.3, -0.25) is 0 Å². The lowest BCUT2D eigenvalue weighted by atomic mass is 10.2. The molecular weight excluding hydrogens is 318 g/mol. The topological polar surface area (TPSA) is 61.0 Å². The molecule has 0 bridgehead atoms. The van der Waals surface area contributed by atoms with Gasteiger partial charge in [0, 0.05) is 28.5 Å². The summed E-state index contributed by atoms with van der Waals surface area (Å²) in [4.78, 5) is 8.31. The van der Waals surface area contributed by atoms with Crippen molar-refractivity contribution in [2.45, 2.75) is 13.5 Å². The molecular formula is C12H11BrClN3O. The van der Waals surface area contributed by atoms with Crippen LogP contribution in [0.1, 0.15) is 11.3 Å². The minimum absolute atomic E-state index is 0.254. The third-order valence-electron chi connectivity index (χ3n) is 2.37. The molecule has 0 amide bonds. The van der Waals surface area contributed by atoms with Gasteiger partial charge in [0.25, 0.3) is 0 Å². The van der Waals surface area contributed by atoms with Crippen LogP contribution in [0.25, 0.3) is 0 Å². The molecule has 2 N–H and O–H groups in total. The van der Waals surface area contributed by atoms with Crippen LogP contribution < -0.4 is 10.5 Å². The number of nitrogens with two attached hydrogens (primary N) is 1. The van der Waals surface area contributed by atoms with E-state index in [9.17, 15) is 0 Å². The first kappa shape index (κ1) is 13.3. The molecule has 6 heteroatoms. The Kier molecular flexibility index (Phi) is 4.16. The third-order valence-corrected chi connectivity index (χ3v) is 3.18. The molecule has 0 aliphatic heterocycles.